The molecule has 0 saturated heterocycles. The fourth-order valence-corrected chi connectivity index (χ4v) is 4.25. The van der Waals surface area contributed by atoms with E-state index in [2.05, 4.69) is 56.7 Å². The lowest BCUT2D eigenvalue weighted by atomic mass is 9.79. The van der Waals surface area contributed by atoms with Gasteiger partial charge in [-0.3, -0.25) is 0 Å². The molecule has 1 aromatic carbocycles. The minimum atomic E-state index is 0.786. The van der Waals surface area contributed by atoms with E-state index in [9.17, 15) is 0 Å². The van der Waals surface area contributed by atoms with Gasteiger partial charge in [-0.05, 0) is 61.6 Å². The highest BCUT2D eigenvalue weighted by Gasteiger charge is 2.18. The van der Waals surface area contributed by atoms with Crippen molar-refractivity contribution < 1.29 is 4.74 Å². The molecule has 0 aromatic heterocycles. The number of hydrogen-bond acceptors (Lipinski definition) is 1. The third kappa shape index (κ3) is 9.80. The summed E-state index contributed by atoms with van der Waals surface area (Å²) in [6.07, 6.45) is 24.7. The van der Waals surface area contributed by atoms with Crippen molar-refractivity contribution in [1.82, 2.24) is 0 Å². The van der Waals surface area contributed by atoms with Crippen molar-refractivity contribution in [3.63, 3.8) is 0 Å². The molecule has 28 heavy (non-hydrogen) atoms. The summed E-state index contributed by atoms with van der Waals surface area (Å²) in [6, 6.07) is 8.54. The van der Waals surface area contributed by atoms with Gasteiger partial charge in [-0.25, -0.2) is 0 Å². The maximum Gasteiger partial charge on any atom is 0.119 e. The monoisotopic (exact) mass is 383 g/mol. The van der Waals surface area contributed by atoms with Gasteiger partial charge in [-0.2, -0.15) is 0 Å². The van der Waals surface area contributed by atoms with Crippen molar-refractivity contribution in [2.24, 2.45) is 11.8 Å². The number of ether oxygens (including phenoxy) is 1. The molecular weight excluding hydrogens is 340 g/mol. The third-order valence-electron chi connectivity index (χ3n) is 6.18. The lowest BCUT2D eigenvalue weighted by Gasteiger charge is -2.26. The van der Waals surface area contributed by atoms with Crippen molar-refractivity contribution in [3.8, 4) is 5.75 Å². The van der Waals surface area contributed by atoms with Crippen LogP contribution in [0, 0.1) is 18.3 Å². The molecule has 1 saturated carbocycles. The topological polar surface area (TPSA) is 9.23 Å². The molecule has 0 heterocycles. The second-order valence-corrected chi connectivity index (χ2v) is 8.66. The van der Waals surface area contributed by atoms with E-state index in [1.807, 2.05) is 0 Å². The summed E-state index contributed by atoms with van der Waals surface area (Å²) in [5.74, 6) is 2.78. The van der Waals surface area contributed by atoms with Gasteiger partial charge in [0.25, 0.3) is 0 Å². The van der Waals surface area contributed by atoms with E-state index in [1.165, 1.54) is 82.6 Å². The van der Waals surface area contributed by atoms with Crippen LogP contribution in [-0.4, -0.2) is 6.61 Å². The number of benzene rings is 1. The molecule has 1 aromatic rings. The Bertz CT molecular complexity index is 508. The Hall–Kier alpha value is -1.24. The predicted octanol–water partition coefficient (Wildman–Crippen LogP) is 8.53. The van der Waals surface area contributed by atoms with Crippen LogP contribution in [-0.2, 0) is 0 Å². The highest BCUT2D eigenvalue weighted by Crippen LogP contribution is 2.32. The van der Waals surface area contributed by atoms with Gasteiger partial charge in [-0.15, -0.1) is 0 Å². The molecule has 0 aliphatic heterocycles. The zero-order chi connectivity index (χ0) is 19.9. The summed E-state index contributed by atoms with van der Waals surface area (Å²) >= 11 is 0. The standard InChI is InChI=1S/C27H43O/c1-3-5-7-8-10-23-28-27-21-19-26(20-22-27)14-11-13-25-17-15-24(16-18-25)12-9-6-4-2/h11,13-14,19-22,24-25H,3-10,12,15-18,23H2,1-2H3/b13-11+/t24-,25-. The van der Waals surface area contributed by atoms with Gasteiger partial charge in [-0.1, -0.05) is 89.5 Å². The molecular formula is C27H43O. The van der Waals surface area contributed by atoms with Crippen LogP contribution in [0.25, 0.3) is 0 Å². The molecule has 0 atom stereocenters. The van der Waals surface area contributed by atoms with E-state index in [-0.39, 0.29) is 0 Å². The smallest absolute Gasteiger partial charge is 0.119 e. The van der Waals surface area contributed by atoms with E-state index < -0.39 is 0 Å². The van der Waals surface area contributed by atoms with Gasteiger partial charge in [0.2, 0.25) is 0 Å². The highest BCUT2D eigenvalue weighted by molar-refractivity contribution is 5.34. The maximum atomic E-state index is 5.85. The lowest BCUT2D eigenvalue weighted by Crippen LogP contribution is -2.13. The lowest BCUT2D eigenvalue weighted by molar-refractivity contribution is 0.289. The van der Waals surface area contributed by atoms with Gasteiger partial charge < -0.3 is 4.74 Å². The Balaban J connectivity index is 1.58. The average Bonchev–Trinajstić information content (AvgIpc) is 2.73. The van der Waals surface area contributed by atoms with Crippen molar-refractivity contribution in [3.05, 3.63) is 48.4 Å². The van der Waals surface area contributed by atoms with E-state index in [0.29, 0.717) is 0 Å². The number of hydrogen-bond donors (Lipinski definition) is 0. The summed E-state index contributed by atoms with van der Waals surface area (Å²) in [4.78, 5) is 0. The van der Waals surface area contributed by atoms with Crippen LogP contribution in [0.5, 0.6) is 5.75 Å². The van der Waals surface area contributed by atoms with Crippen LogP contribution in [0.3, 0.4) is 0 Å². The Morgan fingerprint density at radius 2 is 1.50 bits per heavy atom. The minimum Gasteiger partial charge on any atom is -0.494 e. The summed E-state index contributed by atoms with van der Waals surface area (Å²) < 4.78 is 5.85. The van der Waals surface area contributed by atoms with E-state index in [1.54, 1.807) is 0 Å². The Labute approximate surface area is 175 Å². The Kier molecular flexibility index (Phi) is 12.1. The summed E-state index contributed by atoms with van der Waals surface area (Å²) in [5.41, 5.74) is 1.26. The van der Waals surface area contributed by atoms with Crippen molar-refractivity contribution in [2.75, 3.05) is 6.61 Å². The summed E-state index contributed by atoms with van der Waals surface area (Å²) in [7, 11) is 0. The molecule has 1 radical (unpaired) electrons. The number of unbranched alkanes of at least 4 members (excludes halogenated alkanes) is 6. The molecule has 2 rings (SSSR count). The fraction of sp³-hybridized carbons (Fsp3) is 0.667. The zero-order valence-corrected chi connectivity index (χ0v) is 18.5. The first-order chi connectivity index (χ1) is 13.8. The first-order valence-electron chi connectivity index (χ1n) is 12.1. The van der Waals surface area contributed by atoms with E-state index in [4.69, 9.17) is 4.74 Å². The zero-order valence-electron chi connectivity index (χ0n) is 18.5. The van der Waals surface area contributed by atoms with Crippen LogP contribution < -0.4 is 4.74 Å². The molecule has 1 aliphatic carbocycles. The van der Waals surface area contributed by atoms with Gasteiger partial charge in [0.15, 0.2) is 0 Å². The molecule has 157 valence electrons. The van der Waals surface area contributed by atoms with Crippen LogP contribution in [0.15, 0.2) is 36.4 Å². The third-order valence-corrected chi connectivity index (χ3v) is 6.18. The van der Waals surface area contributed by atoms with Gasteiger partial charge >= 0.3 is 0 Å². The first kappa shape index (κ1) is 23.0. The van der Waals surface area contributed by atoms with Gasteiger partial charge in [0, 0.05) is 6.42 Å². The van der Waals surface area contributed by atoms with Crippen LogP contribution in [0.2, 0.25) is 0 Å². The van der Waals surface area contributed by atoms with Crippen LogP contribution >= 0.6 is 0 Å². The van der Waals surface area contributed by atoms with Crippen molar-refractivity contribution in [1.29, 1.82) is 0 Å². The molecule has 0 amide bonds. The van der Waals surface area contributed by atoms with Crippen molar-refractivity contribution in [2.45, 2.75) is 97.3 Å². The quantitative estimate of drug-likeness (QED) is 0.292. The SMILES string of the molecule is CCCCCCCOc1ccc([CH]/C=C/[C@H]2CC[C@H](CCCCC)CC2)cc1. The average molecular weight is 384 g/mol. The number of rotatable bonds is 14. The summed E-state index contributed by atoms with van der Waals surface area (Å²) in [6.45, 7) is 5.40. The second-order valence-electron chi connectivity index (χ2n) is 8.66. The van der Waals surface area contributed by atoms with Crippen LogP contribution in [0.4, 0.5) is 0 Å². The Morgan fingerprint density at radius 3 is 2.21 bits per heavy atom. The second kappa shape index (κ2) is 14.7. The highest BCUT2D eigenvalue weighted by atomic mass is 16.5. The summed E-state index contributed by atoms with van der Waals surface area (Å²) in [5, 5.41) is 0. The predicted molar refractivity (Wildman–Crippen MR) is 123 cm³/mol. The van der Waals surface area contributed by atoms with Crippen LogP contribution in [0.1, 0.15) is 103 Å². The molecule has 0 spiro atoms. The maximum absolute atomic E-state index is 5.85. The molecule has 1 nitrogen and oxygen atoms in total. The Morgan fingerprint density at radius 1 is 0.821 bits per heavy atom. The molecule has 1 heteroatoms. The molecule has 0 bridgehead atoms. The fourth-order valence-electron chi connectivity index (χ4n) is 4.25. The molecule has 0 N–H and O–H groups in total. The minimum absolute atomic E-state index is 0.786. The van der Waals surface area contributed by atoms with Gasteiger partial charge in [0.1, 0.15) is 5.75 Å². The van der Waals surface area contributed by atoms with E-state index in [0.717, 1.165) is 30.6 Å². The number of allylic oxidation sites excluding steroid dienone is 2. The van der Waals surface area contributed by atoms with E-state index >= 15 is 0 Å². The molecule has 1 aliphatic rings. The largest absolute Gasteiger partial charge is 0.494 e. The molecule has 1 fully saturated rings. The van der Waals surface area contributed by atoms with Gasteiger partial charge in [0.05, 0.1) is 6.61 Å². The first-order valence-corrected chi connectivity index (χ1v) is 12.1. The van der Waals surface area contributed by atoms with Crippen molar-refractivity contribution >= 4 is 0 Å². The molecule has 0 unspecified atom stereocenters. The normalized spacial score (nSPS) is 19.9.